The molecule has 0 atom stereocenters. The van der Waals surface area contributed by atoms with Crippen LogP contribution in [0.4, 0.5) is 5.69 Å². The van der Waals surface area contributed by atoms with E-state index in [1.54, 1.807) is 0 Å². The molecular weight excluding hydrogens is 158 g/mol. The van der Waals surface area contributed by atoms with Gasteiger partial charge in [-0.1, -0.05) is 0 Å². The molecule has 1 rings (SSSR count). The number of benzene rings is 1. The number of hydrogen-bond donors (Lipinski definition) is 2. The summed E-state index contributed by atoms with van der Waals surface area (Å²) in [7, 11) is -2.60. The number of carbonyl (C=O) groups is 1. The summed E-state index contributed by atoms with van der Waals surface area (Å²) < 4.78 is 25.1. The largest absolute Gasteiger partial charge is 0.495 e. The Bertz CT molecular complexity index is 389. The van der Waals surface area contributed by atoms with Crippen LogP contribution < -0.4 is 10.5 Å². The van der Waals surface area contributed by atoms with E-state index in [-0.39, 0.29) is 17.0 Å². The lowest BCUT2D eigenvalue weighted by Gasteiger charge is -2.03. The molecule has 4 heteroatoms. The smallest absolute Gasteiger partial charge is 0.335 e. The van der Waals surface area contributed by atoms with Gasteiger partial charge in [-0.15, -0.1) is 0 Å². The van der Waals surface area contributed by atoms with Crippen molar-refractivity contribution in [3.63, 3.8) is 0 Å². The third-order valence-electron chi connectivity index (χ3n) is 1.37. The number of carboxylic acids is 1. The lowest BCUT2D eigenvalue weighted by molar-refractivity contribution is 0.0697. The fourth-order valence-electron chi connectivity index (χ4n) is 0.774. The van der Waals surface area contributed by atoms with E-state index in [1.807, 2.05) is 0 Å². The van der Waals surface area contributed by atoms with Gasteiger partial charge in [0.1, 0.15) is 5.75 Å². The summed E-state index contributed by atoms with van der Waals surface area (Å²) >= 11 is 0. The summed E-state index contributed by atoms with van der Waals surface area (Å²) in [6.45, 7) is 0. The summed E-state index contributed by atoms with van der Waals surface area (Å²) in [6.07, 6.45) is 0. The second-order valence-electron chi connectivity index (χ2n) is 2.16. The maximum atomic E-state index is 10.5. The first kappa shape index (κ1) is 5.03. The van der Waals surface area contributed by atoms with Crippen molar-refractivity contribution in [3.8, 4) is 5.75 Å². The fraction of sp³-hybridized carbons (Fsp3) is 0.125. The maximum absolute atomic E-state index is 10.5. The van der Waals surface area contributed by atoms with Crippen LogP contribution in [0.3, 0.4) is 0 Å². The van der Waals surface area contributed by atoms with Gasteiger partial charge in [-0.2, -0.15) is 0 Å². The Morgan fingerprint density at radius 1 is 1.75 bits per heavy atom. The first-order valence-corrected chi connectivity index (χ1v) is 3.11. The van der Waals surface area contributed by atoms with Crippen LogP contribution in [0, 0.1) is 0 Å². The number of rotatable bonds is 2. The molecule has 0 aliphatic heterocycles. The van der Waals surface area contributed by atoms with Gasteiger partial charge < -0.3 is 15.6 Å². The summed E-state index contributed by atoms with van der Waals surface area (Å²) in [5.74, 6) is -1.19. The standard InChI is InChI=1S/C8H9NO3/c1-12-7-3-2-5(8(10)11)4-6(7)9/h2-4H,9H2,1H3,(H,10,11)/i1D3. The average molecular weight is 170 g/mol. The van der Waals surface area contributed by atoms with Crippen LogP contribution in [0.2, 0.25) is 0 Å². The van der Waals surface area contributed by atoms with Crippen LogP contribution >= 0.6 is 0 Å². The molecule has 0 bridgehead atoms. The Labute approximate surface area is 73.8 Å². The molecule has 0 heterocycles. The summed E-state index contributed by atoms with van der Waals surface area (Å²) in [5.41, 5.74) is 5.38. The van der Waals surface area contributed by atoms with Crippen LogP contribution in [0.1, 0.15) is 14.5 Å². The van der Waals surface area contributed by atoms with Crippen molar-refractivity contribution < 1.29 is 18.8 Å². The maximum Gasteiger partial charge on any atom is 0.335 e. The minimum absolute atomic E-state index is 0.0222. The molecule has 0 unspecified atom stereocenters. The summed E-state index contributed by atoms with van der Waals surface area (Å²) in [6, 6.07) is 3.58. The number of aromatic carboxylic acids is 1. The van der Waals surface area contributed by atoms with Gasteiger partial charge in [0.05, 0.1) is 22.4 Å². The zero-order chi connectivity index (χ0) is 11.6. The van der Waals surface area contributed by atoms with E-state index in [9.17, 15) is 4.79 Å². The third kappa shape index (κ3) is 1.47. The van der Waals surface area contributed by atoms with Crippen molar-refractivity contribution >= 4 is 11.7 Å². The van der Waals surface area contributed by atoms with E-state index in [0.717, 1.165) is 6.07 Å². The van der Waals surface area contributed by atoms with Crippen molar-refractivity contribution in [2.45, 2.75) is 0 Å². The number of carboxylic acid groups (broad SMARTS) is 1. The van der Waals surface area contributed by atoms with E-state index in [2.05, 4.69) is 4.74 Å². The summed E-state index contributed by atoms with van der Waals surface area (Å²) in [5, 5.41) is 8.63. The van der Waals surface area contributed by atoms with Gasteiger partial charge in [-0.05, 0) is 18.2 Å². The average Bonchev–Trinajstić information content (AvgIpc) is 2.05. The molecule has 0 amide bonds. The quantitative estimate of drug-likeness (QED) is 0.649. The molecule has 0 aliphatic rings. The molecule has 0 spiro atoms. The van der Waals surface area contributed by atoms with E-state index >= 15 is 0 Å². The number of ether oxygens (including phenoxy) is 1. The van der Waals surface area contributed by atoms with Crippen molar-refractivity contribution in [1.82, 2.24) is 0 Å². The lowest BCUT2D eigenvalue weighted by Crippen LogP contribution is -1.99. The molecule has 0 fully saturated rings. The Morgan fingerprint density at radius 3 is 3.00 bits per heavy atom. The molecule has 1 aromatic rings. The van der Waals surface area contributed by atoms with Crippen molar-refractivity contribution in [2.24, 2.45) is 0 Å². The predicted octanol–water partition coefficient (Wildman–Crippen LogP) is 0.976. The lowest BCUT2D eigenvalue weighted by atomic mass is 10.2. The van der Waals surface area contributed by atoms with Crippen molar-refractivity contribution in [1.29, 1.82) is 0 Å². The fourth-order valence-corrected chi connectivity index (χ4v) is 0.774. The van der Waals surface area contributed by atoms with Gasteiger partial charge in [0.15, 0.2) is 0 Å². The number of nitrogen functional groups attached to an aromatic ring is 1. The normalized spacial score (nSPS) is 14.2. The monoisotopic (exact) mass is 170 g/mol. The number of anilines is 1. The Balaban J connectivity index is 2.99. The Hall–Kier alpha value is -1.71. The SMILES string of the molecule is [2H]C([2H])([2H])Oc1ccc(C(=O)O)cc1N. The molecule has 0 aromatic heterocycles. The second kappa shape index (κ2) is 3.13. The zero-order valence-electron chi connectivity index (χ0n) is 9.07. The van der Waals surface area contributed by atoms with Gasteiger partial charge in [0.2, 0.25) is 0 Å². The van der Waals surface area contributed by atoms with Crippen LogP contribution in [0.5, 0.6) is 5.75 Å². The highest BCUT2D eigenvalue weighted by molar-refractivity contribution is 5.89. The highest BCUT2D eigenvalue weighted by Crippen LogP contribution is 2.21. The predicted molar refractivity (Wildman–Crippen MR) is 44.4 cm³/mol. The first-order chi connectivity index (χ1) is 6.79. The molecule has 0 saturated heterocycles. The van der Waals surface area contributed by atoms with Crippen molar-refractivity contribution in [3.05, 3.63) is 23.8 Å². The van der Waals surface area contributed by atoms with Crippen molar-refractivity contribution in [2.75, 3.05) is 12.8 Å². The molecule has 3 N–H and O–H groups in total. The van der Waals surface area contributed by atoms with Crippen LogP contribution in [-0.4, -0.2) is 18.1 Å². The molecule has 0 radical (unpaired) electrons. The second-order valence-corrected chi connectivity index (χ2v) is 2.16. The highest BCUT2D eigenvalue weighted by atomic mass is 16.5. The Kier molecular flexibility index (Phi) is 1.31. The molecule has 0 saturated carbocycles. The van der Waals surface area contributed by atoms with Gasteiger partial charge in [0.25, 0.3) is 0 Å². The van der Waals surface area contributed by atoms with E-state index in [1.165, 1.54) is 12.1 Å². The van der Waals surface area contributed by atoms with Crippen LogP contribution in [0.25, 0.3) is 0 Å². The minimum Gasteiger partial charge on any atom is -0.495 e. The number of nitrogens with two attached hydrogens (primary N) is 1. The molecule has 1 aromatic carbocycles. The topological polar surface area (TPSA) is 72.5 Å². The summed E-state index contributed by atoms with van der Waals surface area (Å²) in [4.78, 5) is 10.5. The molecule has 4 nitrogen and oxygen atoms in total. The number of hydrogen-bond acceptors (Lipinski definition) is 3. The van der Waals surface area contributed by atoms with Gasteiger partial charge in [0, 0.05) is 0 Å². The molecule has 64 valence electrons. The van der Waals surface area contributed by atoms with Crippen LogP contribution in [0.15, 0.2) is 18.2 Å². The van der Waals surface area contributed by atoms with E-state index in [4.69, 9.17) is 15.0 Å². The highest BCUT2D eigenvalue weighted by Gasteiger charge is 2.05. The molecular formula is C8H9NO3. The van der Waals surface area contributed by atoms with E-state index in [0.29, 0.717) is 0 Å². The van der Waals surface area contributed by atoms with Crippen LogP contribution in [-0.2, 0) is 0 Å². The van der Waals surface area contributed by atoms with Gasteiger partial charge in [-0.3, -0.25) is 0 Å². The molecule has 0 aliphatic carbocycles. The molecule has 12 heavy (non-hydrogen) atoms. The van der Waals surface area contributed by atoms with Gasteiger partial charge in [-0.25, -0.2) is 4.79 Å². The number of methoxy groups -OCH3 is 1. The van der Waals surface area contributed by atoms with Gasteiger partial charge >= 0.3 is 5.97 Å². The zero-order valence-corrected chi connectivity index (χ0v) is 6.07. The Morgan fingerprint density at radius 2 is 2.50 bits per heavy atom. The van der Waals surface area contributed by atoms with E-state index < -0.39 is 13.0 Å². The first-order valence-electron chi connectivity index (χ1n) is 4.61. The minimum atomic E-state index is -2.60. The third-order valence-corrected chi connectivity index (χ3v) is 1.37.